The predicted octanol–water partition coefficient (Wildman–Crippen LogP) is 1.49. The minimum Gasteiger partial charge on any atom is -0.396 e. The molecule has 0 spiro atoms. The number of ether oxygens (including phenoxy) is 1. The van der Waals surface area contributed by atoms with Gasteiger partial charge in [-0.3, -0.25) is 0 Å². The van der Waals surface area contributed by atoms with Crippen LogP contribution in [0.2, 0.25) is 0 Å². The Morgan fingerprint density at radius 3 is 2.42 bits per heavy atom. The van der Waals surface area contributed by atoms with Gasteiger partial charge in [-0.05, 0) is 26.7 Å². The van der Waals surface area contributed by atoms with E-state index in [1.165, 1.54) is 13.0 Å². The Bertz CT molecular complexity index is 357. The van der Waals surface area contributed by atoms with Crippen molar-refractivity contribution in [3.63, 3.8) is 0 Å². The Kier molecular flexibility index (Phi) is 8.74. The van der Waals surface area contributed by atoms with E-state index >= 15 is 0 Å². The highest BCUT2D eigenvalue weighted by molar-refractivity contribution is 6.01. The minimum absolute atomic E-state index is 0.107. The molecular formula is C14H22O5. The first-order valence-corrected chi connectivity index (χ1v) is 6.31. The number of esters is 2. The molecule has 0 fully saturated rings. The smallest absolute Gasteiger partial charge is 0.343 e. The molecule has 5 heteroatoms. The molecule has 0 aromatic heterocycles. The normalized spacial score (nSPS) is 12.9. The zero-order valence-electron chi connectivity index (χ0n) is 11.5. The molecule has 0 saturated heterocycles. The SMILES string of the molecule is C=C(C(=O)OC(=O)C(C)=CC)C(O)CCCCCO. The molecule has 0 radical (unpaired) electrons. The van der Waals surface area contributed by atoms with E-state index in [9.17, 15) is 14.7 Å². The third-order valence-corrected chi connectivity index (χ3v) is 2.74. The number of unbranched alkanes of at least 4 members (excludes halogenated alkanes) is 2. The summed E-state index contributed by atoms with van der Waals surface area (Å²) < 4.78 is 4.57. The second kappa shape index (κ2) is 9.47. The second-order valence-corrected chi connectivity index (χ2v) is 4.26. The van der Waals surface area contributed by atoms with Crippen LogP contribution in [0.4, 0.5) is 0 Å². The largest absolute Gasteiger partial charge is 0.396 e. The van der Waals surface area contributed by atoms with Crippen molar-refractivity contribution in [1.29, 1.82) is 0 Å². The van der Waals surface area contributed by atoms with Gasteiger partial charge in [0.2, 0.25) is 0 Å². The summed E-state index contributed by atoms with van der Waals surface area (Å²) in [6, 6.07) is 0. The number of hydrogen-bond acceptors (Lipinski definition) is 5. The first-order valence-electron chi connectivity index (χ1n) is 6.31. The van der Waals surface area contributed by atoms with Crippen molar-refractivity contribution in [2.24, 2.45) is 0 Å². The molecule has 0 aliphatic carbocycles. The molecule has 0 aromatic carbocycles. The molecule has 0 aromatic rings. The number of aliphatic hydroxyl groups is 2. The minimum atomic E-state index is -1.02. The van der Waals surface area contributed by atoms with Crippen molar-refractivity contribution in [2.45, 2.75) is 45.6 Å². The van der Waals surface area contributed by atoms with E-state index in [2.05, 4.69) is 11.3 Å². The van der Waals surface area contributed by atoms with Gasteiger partial charge in [0, 0.05) is 12.2 Å². The number of carbonyl (C=O) groups is 2. The van der Waals surface area contributed by atoms with Crippen molar-refractivity contribution in [1.82, 2.24) is 0 Å². The van der Waals surface area contributed by atoms with Gasteiger partial charge in [0.25, 0.3) is 0 Å². The van der Waals surface area contributed by atoms with Gasteiger partial charge >= 0.3 is 11.9 Å². The summed E-state index contributed by atoms with van der Waals surface area (Å²) in [4.78, 5) is 22.9. The van der Waals surface area contributed by atoms with Crippen LogP contribution in [0, 0.1) is 0 Å². The number of aliphatic hydroxyl groups excluding tert-OH is 2. The van der Waals surface area contributed by atoms with Gasteiger partial charge in [0.1, 0.15) is 0 Å². The standard InChI is InChI=1S/C14H22O5/c1-4-10(2)13(17)19-14(18)11(3)12(16)8-6-5-7-9-15/h4,12,15-16H,3,5-9H2,1-2H3. The first kappa shape index (κ1) is 17.5. The maximum Gasteiger partial charge on any atom is 0.343 e. The third kappa shape index (κ3) is 6.88. The Labute approximate surface area is 113 Å². The summed E-state index contributed by atoms with van der Waals surface area (Å²) >= 11 is 0. The van der Waals surface area contributed by atoms with Crippen LogP contribution in [-0.4, -0.2) is 34.9 Å². The van der Waals surface area contributed by atoms with Gasteiger partial charge in [0.05, 0.1) is 11.7 Å². The van der Waals surface area contributed by atoms with Crippen molar-refractivity contribution in [3.05, 3.63) is 23.8 Å². The van der Waals surface area contributed by atoms with Crippen LogP contribution >= 0.6 is 0 Å². The number of allylic oxidation sites excluding steroid dienone is 1. The van der Waals surface area contributed by atoms with Crippen LogP contribution in [0.15, 0.2) is 23.8 Å². The lowest BCUT2D eigenvalue weighted by molar-refractivity contribution is -0.154. The molecule has 0 rings (SSSR count). The highest BCUT2D eigenvalue weighted by atomic mass is 16.6. The average molecular weight is 270 g/mol. The van der Waals surface area contributed by atoms with Gasteiger partial charge in [-0.1, -0.05) is 25.5 Å². The fraction of sp³-hybridized carbons (Fsp3) is 0.571. The van der Waals surface area contributed by atoms with E-state index in [0.29, 0.717) is 24.8 Å². The molecule has 108 valence electrons. The van der Waals surface area contributed by atoms with Crippen LogP contribution in [-0.2, 0) is 14.3 Å². The summed E-state index contributed by atoms with van der Waals surface area (Å²) in [6.07, 6.45) is 2.93. The second-order valence-electron chi connectivity index (χ2n) is 4.26. The molecule has 1 atom stereocenters. The van der Waals surface area contributed by atoms with Gasteiger partial charge in [-0.15, -0.1) is 0 Å². The van der Waals surface area contributed by atoms with Gasteiger partial charge in [0.15, 0.2) is 0 Å². The summed E-state index contributed by atoms with van der Waals surface area (Å²) in [5.41, 5.74) is 0.194. The maximum absolute atomic E-state index is 11.5. The summed E-state index contributed by atoms with van der Waals surface area (Å²) in [7, 11) is 0. The molecule has 0 saturated carbocycles. The highest BCUT2D eigenvalue weighted by Crippen LogP contribution is 2.12. The van der Waals surface area contributed by atoms with Crippen LogP contribution in [0.5, 0.6) is 0 Å². The fourth-order valence-corrected chi connectivity index (χ4v) is 1.28. The van der Waals surface area contributed by atoms with E-state index in [-0.39, 0.29) is 12.2 Å². The van der Waals surface area contributed by atoms with Crippen molar-refractivity contribution < 1.29 is 24.5 Å². The van der Waals surface area contributed by atoms with Gasteiger partial charge in [-0.2, -0.15) is 0 Å². The predicted molar refractivity (Wildman–Crippen MR) is 71.2 cm³/mol. The summed E-state index contributed by atoms with van der Waals surface area (Å²) in [6.45, 7) is 6.74. The zero-order valence-corrected chi connectivity index (χ0v) is 11.5. The number of carbonyl (C=O) groups excluding carboxylic acids is 2. The first-order chi connectivity index (χ1) is 8.93. The summed E-state index contributed by atoms with van der Waals surface area (Å²) in [5.74, 6) is -1.64. The molecule has 0 bridgehead atoms. The summed E-state index contributed by atoms with van der Waals surface area (Å²) in [5, 5.41) is 18.3. The third-order valence-electron chi connectivity index (χ3n) is 2.74. The molecule has 2 N–H and O–H groups in total. The zero-order chi connectivity index (χ0) is 14.8. The number of rotatable bonds is 8. The highest BCUT2D eigenvalue weighted by Gasteiger charge is 2.20. The lowest BCUT2D eigenvalue weighted by atomic mass is 10.0. The molecule has 0 aliphatic heterocycles. The number of hydrogen-bond donors (Lipinski definition) is 2. The molecule has 0 aliphatic rings. The van der Waals surface area contributed by atoms with E-state index in [1.807, 2.05) is 0 Å². The monoisotopic (exact) mass is 270 g/mol. The van der Waals surface area contributed by atoms with Crippen molar-refractivity contribution in [3.8, 4) is 0 Å². The Hall–Kier alpha value is -1.46. The molecule has 1 unspecified atom stereocenters. The molecule has 19 heavy (non-hydrogen) atoms. The Morgan fingerprint density at radius 2 is 1.89 bits per heavy atom. The van der Waals surface area contributed by atoms with Crippen LogP contribution in [0.1, 0.15) is 39.5 Å². The van der Waals surface area contributed by atoms with E-state index in [0.717, 1.165) is 6.42 Å². The van der Waals surface area contributed by atoms with Crippen molar-refractivity contribution >= 4 is 11.9 Å². The van der Waals surface area contributed by atoms with Crippen molar-refractivity contribution in [2.75, 3.05) is 6.61 Å². The van der Waals surface area contributed by atoms with Crippen LogP contribution < -0.4 is 0 Å². The van der Waals surface area contributed by atoms with E-state index < -0.39 is 18.0 Å². The van der Waals surface area contributed by atoms with Crippen LogP contribution in [0.3, 0.4) is 0 Å². The van der Waals surface area contributed by atoms with E-state index in [4.69, 9.17) is 5.11 Å². The fourth-order valence-electron chi connectivity index (χ4n) is 1.28. The molecule has 5 nitrogen and oxygen atoms in total. The molecule has 0 heterocycles. The lowest BCUT2D eigenvalue weighted by Gasteiger charge is -2.12. The van der Waals surface area contributed by atoms with Crippen LogP contribution in [0.25, 0.3) is 0 Å². The average Bonchev–Trinajstić information content (AvgIpc) is 2.41. The topological polar surface area (TPSA) is 83.8 Å². The molecular weight excluding hydrogens is 248 g/mol. The maximum atomic E-state index is 11.5. The molecule has 0 amide bonds. The lowest BCUT2D eigenvalue weighted by Crippen LogP contribution is -2.22. The quantitative estimate of drug-likeness (QED) is 0.302. The van der Waals surface area contributed by atoms with E-state index in [1.54, 1.807) is 6.92 Å². The van der Waals surface area contributed by atoms with Gasteiger partial charge in [-0.25, -0.2) is 9.59 Å². The van der Waals surface area contributed by atoms with Gasteiger partial charge < -0.3 is 14.9 Å². The Morgan fingerprint density at radius 1 is 1.26 bits per heavy atom. The Balaban J connectivity index is 4.18.